The highest BCUT2D eigenvalue weighted by Crippen LogP contribution is 2.27. The Bertz CT molecular complexity index is 1280. The second-order valence-corrected chi connectivity index (χ2v) is 15.9. The van der Waals surface area contributed by atoms with Gasteiger partial charge in [-0.05, 0) is 106 Å². The van der Waals surface area contributed by atoms with Gasteiger partial charge in [0.2, 0.25) is 0 Å². The zero-order valence-electron chi connectivity index (χ0n) is 36.3. The third kappa shape index (κ3) is 23.3. The maximum absolute atomic E-state index is 12.8. The van der Waals surface area contributed by atoms with Gasteiger partial charge in [-0.15, -0.1) is 12.4 Å². The molecule has 2 aromatic carbocycles. The fourth-order valence-electron chi connectivity index (χ4n) is 6.77. The molecule has 0 aromatic heterocycles. The average molecular weight is 808 g/mol. The van der Waals surface area contributed by atoms with E-state index in [0.717, 1.165) is 62.4 Å². The van der Waals surface area contributed by atoms with E-state index in [1.54, 1.807) is 6.92 Å². The quantitative estimate of drug-likeness (QED) is 0.0572. The molecule has 10 heteroatoms. The number of methoxy groups -OCH3 is 1. The third-order valence-electron chi connectivity index (χ3n) is 9.71. The van der Waals surface area contributed by atoms with E-state index in [2.05, 4.69) is 45.1 Å². The Morgan fingerprint density at radius 1 is 0.696 bits per heavy atom. The summed E-state index contributed by atoms with van der Waals surface area (Å²) in [7, 11) is 1.29. The Labute approximate surface area is 347 Å². The Balaban J connectivity index is 0.00000109. The van der Waals surface area contributed by atoms with E-state index in [9.17, 15) is 14.7 Å². The molecule has 0 fully saturated rings. The van der Waals surface area contributed by atoms with Gasteiger partial charge in [-0.2, -0.15) is 0 Å². The molecule has 4 N–H and O–H groups in total. The number of halogens is 1. The highest BCUT2D eigenvalue weighted by Gasteiger charge is 2.42. The molecule has 2 atom stereocenters. The van der Waals surface area contributed by atoms with Crippen molar-refractivity contribution in [3.63, 3.8) is 0 Å². The van der Waals surface area contributed by atoms with E-state index in [1.165, 1.54) is 64.0 Å². The molecule has 322 valence electrons. The molecule has 2 rings (SSSR count). The number of benzene rings is 2. The molecule has 0 saturated heterocycles. The van der Waals surface area contributed by atoms with Gasteiger partial charge in [0, 0.05) is 5.54 Å². The number of carbonyl (C=O) groups is 2. The van der Waals surface area contributed by atoms with E-state index in [0.29, 0.717) is 25.2 Å². The molecule has 0 heterocycles. The van der Waals surface area contributed by atoms with Crippen molar-refractivity contribution in [1.29, 1.82) is 0 Å². The van der Waals surface area contributed by atoms with Crippen LogP contribution >= 0.6 is 12.4 Å². The molecule has 2 aromatic rings. The number of hydrogen-bond donors (Lipinski definition) is 3. The molecule has 0 radical (unpaired) electrons. The van der Waals surface area contributed by atoms with Crippen molar-refractivity contribution in [2.75, 3.05) is 33.5 Å². The fraction of sp³-hybridized carbons (Fsp3) is 0.696. The van der Waals surface area contributed by atoms with Crippen molar-refractivity contribution in [2.24, 2.45) is 17.6 Å². The average Bonchev–Trinajstić information content (AvgIpc) is 3.16. The van der Waals surface area contributed by atoms with Crippen LogP contribution in [0.2, 0.25) is 0 Å². The van der Waals surface area contributed by atoms with Gasteiger partial charge in [0.15, 0.2) is 0 Å². The number of unbranched alkanes of at least 4 members (excludes halogenated alkanes) is 8. The maximum atomic E-state index is 12.8. The summed E-state index contributed by atoms with van der Waals surface area (Å²) in [5, 5.41) is 12.4. The van der Waals surface area contributed by atoms with Crippen LogP contribution in [-0.2, 0) is 27.1 Å². The molecule has 0 aliphatic heterocycles. The minimum atomic E-state index is -1.12. The number of hydrogen-bond acceptors (Lipinski definition) is 8. The first-order chi connectivity index (χ1) is 26.3. The van der Waals surface area contributed by atoms with Crippen LogP contribution in [-0.4, -0.2) is 61.8 Å². The molecular weight excluding hydrogens is 728 g/mol. The number of nitrogens with two attached hydrogens (primary N) is 1. The smallest absolute Gasteiger partial charge is 0.407 e. The fourth-order valence-corrected chi connectivity index (χ4v) is 6.77. The lowest BCUT2D eigenvalue weighted by molar-refractivity contribution is -0.152. The van der Waals surface area contributed by atoms with E-state index in [-0.39, 0.29) is 31.5 Å². The van der Waals surface area contributed by atoms with Gasteiger partial charge in [0.1, 0.15) is 17.0 Å². The van der Waals surface area contributed by atoms with Gasteiger partial charge in [0.25, 0.3) is 0 Å². The van der Waals surface area contributed by atoms with Gasteiger partial charge in [0.05, 0.1) is 33.5 Å². The van der Waals surface area contributed by atoms with Crippen molar-refractivity contribution in [3.8, 4) is 11.5 Å². The van der Waals surface area contributed by atoms with Crippen molar-refractivity contribution >= 4 is 24.5 Å². The lowest BCUT2D eigenvalue weighted by atomic mass is 9.83. The van der Waals surface area contributed by atoms with E-state index in [1.807, 2.05) is 50.2 Å². The summed E-state index contributed by atoms with van der Waals surface area (Å²) in [4.78, 5) is 24.8. The minimum absolute atomic E-state index is 0. The van der Waals surface area contributed by atoms with Crippen LogP contribution in [0.5, 0.6) is 11.5 Å². The monoisotopic (exact) mass is 807 g/mol. The first-order valence-corrected chi connectivity index (χ1v) is 21.2. The normalized spacial score (nSPS) is 13.1. The zero-order chi connectivity index (χ0) is 41.0. The Kier molecular flexibility index (Phi) is 29.4. The number of aliphatic hydroxyl groups excluding tert-OH is 1. The molecule has 0 saturated carbocycles. The van der Waals surface area contributed by atoms with E-state index >= 15 is 0 Å². The molecule has 0 aliphatic carbocycles. The summed E-state index contributed by atoms with van der Waals surface area (Å²) >= 11 is 0. The number of aryl methyl sites for hydroxylation is 2. The van der Waals surface area contributed by atoms with E-state index < -0.39 is 23.1 Å². The summed E-state index contributed by atoms with van der Waals surface area (Å²) < 4.78 is 21.7. The van der Waals surface area contributed by atoms with Crippen LogP contribution in [0.3, 0.4) is 0 Å². The highest BCUT2D eigenvalue weighted by atomic mass is 35.5. The molecule has 1 amide bonds. The number of ether oxygens (including phenoxy) is 4. The van der Waals surface area contributed by atoms with Crippen LogP contribution < -0.4 is 20.5 Å². The van der Waals surface area contributed by atoms with Crippen molar-refractivity contribution in [3.05, 3.63) is 59.7 Å². The van der Waals surface area contributed by atoms with Gasteiger partial charge in [-0.3, -0.25) is 0 Å². The van der Waals surface area contributed by atoms with Gasteiger partial charge in [-0.25, -0.2) is 9.59 Å². The van der Waals surface area contributed by atoms with Gasteiger partial charge < -0.3 is 35.1 Å². The number of aliphatic hydroxyl groups is 1. The number of nitrogens with one attached hydrogen (secondary N) is 1. The molecule has 0 aliphatic rings. The predicted octanol–water partition coefficient (Wildman–Crippen LogP) is 10.8. The van der Waals surface area contributed by atoms with Crippen LogP contribution in [0.25, 0.3) is 0 Å². The van der Waals surface area contributed by atoms with Crippen molar-refractivity contribution < 1.29 is 33.6 Å². The molecule has 2 unspecified atom stereocenters. The number of rotatable bonds is 28. The Morgan fingerprint density at radius 2 is 1.14 bits per heavy atom. The largest absolute Gasteiger partial charge is 0.494 e. The maximum Gasteiger partial charge on any atom is 0.407 e. The second-order valence-electron chi connectivity index (χ2n) is 15.9. The van der Waals surface area contributed by atoms with Gasteiger partial charge >= 0.3 is 12.1 Å². The van der Waals surface area contributed by atoms with Crippen molar-refractivity contribution in [1.82, 2.24) is 5.32 Å². The van der Waals surface area contributed by atoms with Crippen LogP contribution in [0.15, 0.2) is 48.5 Å². The zero-order valence-corrected chi connectivity index (χ0v) is 37.1. The lowest BCUT2D eigenvalue weighted by Crippen LogP contribution is -2.56. The first-order valence-electron chi connectivity index (χ1n) is 21.2. The summed E-state index contributed by atoms with van der Waals surface area (Å²) in [6.45, 7) is 16.4. The molecule has 9 nitrogen and oxygen atoms in total. The summed E-state index contributed by atoms with van der Waals surface area (Å²) in [6.07, 6.45) is 15.8. The van der Waals surface area contributed by atoms with Crippen molar-refractivity contribution in [2.45, 2.75) is 162 Å². The number of carbonyl (C=O) groups excluding carboxylic acids is 2. The first kappa shape index (κ1) is 53.0. The number of amides is 1. The lowest BCUT2D eigenvalue weighted by Gasteiger charge is -2.33. The summed E-state index contributed by atoms with van der Waals surface area (Å²) in [5.41, 5.74) is 7.04. The Hall–Kier alpha value is -3.01. The minimum Gasteiger partial charge on any atom is -0.494 e. The number of esters is 1. The summed E-state index contributed by atoms with van der Waals surface area (Å²) in [5.74, 6) is 2.06. The summed E-state index contributed by atoms with van der Waals surface area (Å²) in [6, 6.07) is 16.2. The molecule has 0 bridgehead atoms. The predicted molar refractivity (Wildman–Crippen MR) is 233 cm³/mol. The van der Waals surface area contributed by atoms with Gasteiger partial charge in [-0.1, -0.05) is 117 Å². The molecule has 56 heavy (non-hydrogen) atoms. The standard InChI is InChI=1S/C25H41NO5.C21H37NO2.ClH/c1-6-8-9-10-11-18-31-22-14-12-21(13-15-22)16-17-25(19-20(3)4,23(27)30-7-2)26-24(28)29-5;1-4-5-6-7-8-15-24-20-11-9-19(10-12-20)13-14-21(22,17-23)16-18(2)3;/h12-15,20H,6-11,16-19H2,1-5H3,(H,26,28);9-12,18,23H,4-8,13-17,22H2,1-3H3;1H. The molecule has 0 spiro atoms. The van der Waals surface area contributed by atoms with Crippen LogP contribution in [0.1, 0.15) is 149 Å². The van der Waals surface area contributed by atoms with Crippen LogP contribution in [0.4, 0.5) is 4.79 Å². The SMILES string of the molecule is CCCCCCCOc1ccc(CCC(CC(C)C)(NC(=O)OC)C(=O)OCC)cc1.CCCCCCCOc1ccc(CCC(N)(CO)CC(C)C)cc1.Cl. The highest BCUT2D eigenvalue weighted by molar-refractivity contribution is 5.86. The number of alkyl carbamates (subject to hydrolysis) is 1. The van der Waals surface area contributed by atoms with E-state index in [4.69, 9.17) is 24.7 Å². The topological polar surface area (TPSA) is 129 Å². The third-order valence-corrected chi connectivity index (χ3v) is 9.71. The Morgan fingerprint density at radius 3 is 1.54 bits per heavy atom. The van der Waals surface area contributed by atoms with Crippen LogP contribution in [0, 0.1) is 11.8 Å². The molecular formula is C46H79ClN2O7. The second kappa shape index (κ2) is 31.0.